The number of carboxylic acid groups (broad SMARTS) is 2. The highest BCUT2D eigenvalue weighted by molar-refractivity contribution is 5.89. The van der Waals surface area contributed by atoms with Crippen LogP contribution in [0.5, 0.6) is 11.5 Å². The Bertz CT molecular complexity index is 782. The average Bonchev–Trinajstić information content (AvgIpc) is 2.62. The monoisotopic (exact) mass is 360 g/mol. The molecular weight excluding hydrogens is 340 g/mol. The smallest absolute Gasteiger partial charge is 0.351 e. The van der Waals surface area contributed by atoms with E-state index in [1.54, 1.807) is 24.3 Å². The molecule has 0 spiro atoms. The molecule has 1 aromatic carbocycles. The number of carboxylic acids is 2. The number of nitrogens with zero attached hydrogens (tertiary/aromatic N) is 1. The molecule has 4 N–H and O–H groups in total. The van der Waals surface area contributed by atoms with Crippen LogP contribution in [-0.2, 0) is 16.0 Å². The number of aromatic hydroxyl groups is 1. The number of hydrogen-bond donors (Lipinski definition) is 4. The van der Waals surface area contributed by atoms with E-state index in [0.717, 1.165) is 5.56 Å². The minimum Gasteiger partial charge on any atom is -0.504 e. The summed E-state index contributed by atoms with van der Waals surface area (Å²) >= 11 is 0. The van der Waals surface area contributed by atoms with Gasteiger partial charge in [0.2, 0.25) is 0 Å². The van der Waals surface area contributed by atoms with Crippen molar-refractivity contribution in [1.29, 1.82) is 0 Å². The van der Waals surface area contributed by atoms with Crippen molar-refractivity contribution in [3.63, 3.8) is 0 Å². The molecule has 1 aliphatic heterocycles. The number of phenolic OH excluding ortho intramolecular Hbond substituents is 1. The third-order valence-electron chi connectivity index (χ3n) is 3.80. The van der Waals surface area contributed by atoms with Crippen molar-refractivity contribution in [2.45, 2.75) is 18.9 Å². The molecule has 1 atom stereocenters. The fourth-order valence-corrected chi connectivity index (χ4v) is 2.44. The molecule has 8 heteroatoms. The van der Waals surface area contributed by atoms with Crippen LogP contribution in [0.15, 0.2) is 46.6 Å². The molecule has 0 fully saturated rings. The van der Waals surface area contributed by atoms with E-state index in [0.29, 0.717) is 24.3 Å². The van der Waals surface area contributed by atoms with Gasteiger partial charge in [-0.3, -0.25) is 4.99 Å². The van der Waals surface area contributed by atoms with E-state index in [1.165, 1.54) is 19.4 Å². The minimum atomic E-state index is -1.21. The van der Waals surface area contributed by atoms with Crippen molar-refractivity contribution in [3.05, 3.63) is 47.2 Å². The van der Waals surface area contributed by atoms with Gasteiger partial charge in [-0.25, -0.2) is 9.59 Å². The van der Waals surface area contributed by atoms with Crippen LogP contribution in [0.2, 0.25) is 0 Å². The van der Waals surface area contributed by atoms with Gasteiger partial charge in [-0.1, -0.05) is 6.07 Å². The Morgan fingerprint density at radius 3 is 2.81 bits per heavy atom. The largest absolute Gasteiger partial charge is 0.504 e. The number of ether oxygens (including phenoxy) is 1. The molecule has 2 rings (SSSR count). The predicted molar refractivity (Wildman–Crippen MR) is 94.7 cm³/mol. The van der Waals surface area contributed by atoms with Crippen LogP contribution in [-0.4, -0.2) is 53.2 Å². The van der Waals surface area contributed by atoms with Gasteiger partial charge in [0.05, 0.1) is 7.11 Å². The lowest BCUT2D eigenvalue weighted by Gasteiger charge is -2.21. The van der Waals surface area contributed by atoms with Crippen molar-refractivity contribution in [1.82, 2.24) is 5.32 Å². The van der Waals surface area contributed by atoms with Crippen LogP contribution in [0.4, 0.5) is 0 Å². The lowest BCUT2D eigenvalue weighted by molar-refractivity contribution is -0.139. The summed E-state index contributed by atoms with van der Waals surface area (Å²) in [7, 11) is 1.48. The number of carbonyl (C=O) groups is 2. The van der Waals surface area contributed by atoms with Gasteiger partial charge in [0, 0.05) is 19.2 Å². The number of benzene rings is 1. The molecule has 1 aromatic rings. The second kappa shape index (κ2) is 8.70. The molecule has 26 heavy (non-hydrogen) atoms. The van der Waals surface area contributed by atoms with Crippen LogP contribution < -0.4 is 10.1 Å². The Morgan fingerprint density at radius 1 is 1.38 bits per heavy atom. The van der Waals surface area contributed by atoms with Crippen LogP contribution in [0, 0.1) is 0 Å². The molecular formula is C18H20N2O6. The van der Waals surface area contributed by atoms with E-state index < -0.39 is 18.0 Å². The summed E-state index contributed by atoms with van der Waals surface area (Å²) in [5, 5.41) is 30.1. The highest BCUT2D eigenvalue weighted by Crippen LogP contribution is 2.26. The zero-order chi connectivity index (χ0) is 19.1. The second-order valence-electron chi connectivity index (χ2n) is 5.66. The number of hydrogen-bond acceptors (Lipinski definition) is 6. The van der Waals surface area contributed by atoms with E-state index in [9.17, 15) is 14.7 Å². The number of allylic oxidation sites excluding steroid dienone is 2. The van der Waals surface area contributed by atoms with E-state index in [-0.39, 0.29) is 17.9 Å². The van der Waals surface area contributed by atoms with Crippen molar-refractivity contribution in [3.8, 4) is 11.5 Å². The Morgan fingerprint density at radius 2 is 2.15 bits per heavy atom. The summed E-state index contributed by atoms with van der Waals surface area (Å²) < 4.78 is 5.04. The first-order chi connectivity index (χ1) is 12.4. The minimum absolute atomic E-state index is 0.0735. The van der Waals surface area contributed by atoms with Crippen LogP contribution in [0.25, 0.3) is 0 Å². The Labute approximate surface area is 150 Å². The number of methoxy groups -OCH3 is 1. The Kier molecular flexibility index (Phi) is 6.37. The van der Waals surface area contributed by atoms with Crippen LogP contribution in [0.3, 0.4) is 0 Å². The predicted octanol–water partition coefficient (Wildman–Crippen LogP) is 1.36. The van der Waals surface area contributed by atoms with Crippen LogP contribution >= 0.6 is 0 Å². The molecule has 0 unspecified atom stereocenters. The fraction of sp³-hybridized carbons (Fsp3) is 0.278. The lowest BCUT2D eigenvalue weighted by Crippen LogP contribution is -2.41. The number of aliphatic imine (C=N–C) groups is 1. The summed E-state index contributed by atoms with van der Waals surface area (Å²) in [4.78, 5) is 26.4. The first-order valence-corrected chi connectivity index (χ1v) is 7.90. The highest BCUT2D eigenvalue weighted by Gasteiger charge is 2.26. The molecule has 0 saturated carbocycles. The molecule has 8 nitrogen and oxygen atoms in total. The van der Waals surface area contributed by atoms with Gasteiger partial charge < -0.3 is 25.4 Å². The summed E-state index contributed by atoms with van der Waals surface area (Å²) in [5.41, 5.74) is 1.37. The molecule has 0 aliphatic carbocycles. The second-order valence-corrected chi connectivity index (χ2v) is 5.66. The van der Waals surface area contributed by atoms with E-state index >= 15 is 0 Å². The van der Waals surface area contributed by atoms with Gasteiger partial charge >= 0.3 is 11.9 Å². The molecule has 1 heterocycles. The first-order valence-electron chi connectivity index (χ1n) is 7.90. The zero-order valence-electron chi connectivity index (χ0n) is 14.2. The third-order valence-corrected chi connectivity index (χ3v) is 3.80. The Hall–Kier alpha value is -3.29. The van der Waals surface area contributed by atoms with Gasteiger partial charge in [-0.2, -0.15) is 0 Å². The van der Waals surface area contributed by atoms with Crippen molar-refractivity contribution < 1.29 is 29.6 Å². The van der Waals surface area contributed by atoms with Crippen LogP contribution in [0.1, 0.15) is 12.0 Å². The van der Waals surface area contributed by atoms with Gasteiger partial charge in [0.1, 0.15) is 11.7 Å². The quantitative estimate of drug-likeness (QED) is 0.540. The SMILES string of the molecule is COc1cc(CCN=C/C=C2/C=C(C(=O)O)N[C@H](C(=O)O)C2)ccc1O. The maximum atomic E-state index is 11.1. The third kappa shape index (κ3) is 5.10. The maximum Gasteiger partial charge on any atom is 0.351 e. The van der Waals surface area contributed by atoms with Gasteiger partial charge in [0.15, 0.2) is 11.5 Å². The highest BCUT2D eigenvalue weighted by atomic mass is 16.5. The van der Waals surface area contributed by atoms with Gasteiger partial charge in [-0.05, 0) is 41.8 Å². The molecule has 0 bridgehead atoms. The summed E-state index contributed by atoms with van der Waals surface area (Å²) in [5.74, 6) is -1.85. The van der Waals surface area contributed by atoms with E-state index in [2.05, 4.69) is 10.3 Å². The first kappa shape index (κ1) is 19.0. The maximum absolute atomic E-state index is 11.1. The zero-order valence-corrected chi connectivity index (χ0v) is 14.2. The van der Waals surface area contributed by atoms with Crippen molar-refractivity contribution in [2.24, 2.45) is 4.99 Å². The molecule has 0 aromatic heterocycles. The number of phenols is 1. The Balaban J connectivity index is 1.98. The average molecular weight is 360 g/mol. The number of aliphatic carboxylic acids is 2. The summed E-state index contributed by atoms with van der Waals surface area (Å²) in [6.45, 7) is 0.480. The van der Waals surface area contributed by atoms with E-state index in [4.69, 9.17) is 14.9 Å². The fourth-order valence-electron chi connectivity index (χ4n) is 2.44. The summed E-state index contributed by atoms with van der Waals surface area (Å²) in [6.07, 6.45) is 5.35. The molecule has 0 amide bonds. The standard InChI is InChI=1S/C18H20N2O6/c1-26-16-10-11(2-3-15(16)21)4-6-19-7-5-12-8-13(17(22)23)20-14(9-12)18(24)25/h2-3,5,7-8,10,14,20-21H,4,6,9H2,1H3,(H,22,23)(H,24,25)/b12-5-,19-7?/t14-/m0/s1. The normalized spacial score (nSPS) is 18.4. The molecule has 0 radical (unpaired) electrons. The topological polar surface area (TPSA) is 128 Å². The summed E-state index contributed by atoms with van der Waals surface area (Å²) in [6, 6.07) is 4.09. The molecule has 138 valence electrons. The van der Waals surface area contributed by atoms with Gasteiger partial charge in [0.25, 0.3) is 0 Å². The van der Waals surface area contributed by atoms with E-state index in [1.807, 2.05) is 0 Å². The van der Waals surface area contributed by atoms with Gasteiger partial charge in [-0.15, -0.1) is 0 Å². The number of nitrogens with one attached hydrogen (secondary N) is 1. The molecule has 1 aliphatic rings. The number of rotatable bonds is 7. The van der Waals surface area contributed by atoms with Crippen molar-refractivity contribution in [2.75, 3.05) is 13.7 Å². The van der Waals surface area contributed by atoms with Crippen molar-refractivity contribution >= 4 is 18.2 Å². The molecule has 0 saturated heterocycles. The lowest BCUT2D eigenvalue weighted by atomic mass is 10.00.